The fraction of sp³-hybridized carbons (Fsp3) is 0.588. The van der Waals surface area contributed by atoms with Crippen molar-refractivity contribution in [3.63, 3.8) is 0 Å². The number of amides is 1. The van der Waals surface area contributed by atoms with Crippen molar-refractivity contribution in [3.05, 3.63) is 29.3 Å². The minimum Gasteiger partial charge on any atom is -0.326 e. The Hall–Kier alpha value is -1.06. The first-order chi connectivity index (χ1) is 9.56. The number of hydrogen-bond donors (Lipinski definition) is 2. The van der Waals surface area contributed by atoms with E-state index in [1.54, 1.807) is 0 Å². The summed E-state index contributed by atoms with van der Waals surface area (Å²) in [7, 11) is 0. The molecule has 0 radical (unpaired) electrons. The van der Waals surface area contributed by atoms with Crippen LogP contribution in [0.25, 0.3) is 0 Å². The number of carbonyl (C=O) groups excluding carboxylic acids is 1. The Balaban J connectivity index is 0.00000220. The molecule has 0 spiro atoms. The highest BCUT2D eigenvalue weighted by atomic mass is 35.5. The second-order valence-electron chi connectivity index (χ2n) is 6.14. The zero-order valence-electron chi connectivity index (χ0n) is 13.2. The molecule has 1 aromatic carbocycles. The first kappa shape index (κ1) is 18.0. The molecule has 1 saturated heterocycles. The molecule has 1 atom stereocenters. The third kappa shape index (κ3) is 5.33. The zero-order chi connectivity index (χ0) is 14.5. The number of carbonyl (C=O) groups is 1. The average Bonchev–Trinajstić information content (AvgIpc) is 2.43. The van der Waals surface area contributed by atoms with Gasteiger partial charge in [0.1, 0.15) is 0 Å². The molecule has 1 aliphatic rings. The van der Waals surface area contributed by atoms with Gasteiger partial charge >= 0.3 is 0 Å². The Morgan fingerprint density at radius 2 is 2.00 bits per heavy atom. The molecule has 0 bridgehead atoms. The van der Waals surface area contributed by atoms with Crippen LogP contribution >= 0.6 is 12.4 Å². The van der Waals surface area contributed by atoms with Crippen LogP contribution in [0.3, 0.4) is 0 Å². The van der Waals surface area contributed by atoms with E-state index >= 15 is 0 Å². The van der Waals surface area contributed by atoms with E-state index in [0.29, 0.717) is 18.3 Å². The molecular formula is C17H27ClN2O. The van der Waals surface area contributed by atoms with Gasteiger partial charge in [-0.25, -0.2) is 0 Å². The van der Waals surface area contributed by atoms with Crippen molar-refractivity contribution in [3.8, 4) is 0 Å². The van der Waals surface area contributed by atoms with Crippen molar-refractivity contribution in [1.29, 1.82) is 0 Å². The molecule has 0 saturated carbocycles. The second-order valence-corrected chi connectivity index (χ2v) is 6.14. The maximum Gasteiger partial charge on any atom is 0.224 e. The average molecular weight is 311 g/mol. The Labute approximate surface area is 134 Å². The summed E-state index contributed by atoms with van der Waals surface area (Å²) >= 11 is 0. The van der Waals surface area contributed by atoms with Gasteiger partial charge in [0.15, 0.2) is 0 Å². The predicted molar refractivity (Wildman–Crippen MR) is 91.2 cm³/mol. The first-order valence-corrected chi connectivity index (χ1v) is 7.64. The third-order valence-corrected chi connectivity index (χ3v) is 4.36. The van der Waals surface area contributed by atoms with E-state index in [0.717, 1.165) is 24.3 Å². The van der Waals surface area contributed by atoms with Crippen LogP contribution in [0.5, 0.6) is 0 Å². The lowest BCUT2D eigenvalue weighted by atomic mass is 9.84. The molecule has 21 heavy (non-hydrogen) atoms. The highest BCUT2D eigenvalue weighted by Crippen LogP contribution is 2.25. The fourth-order valence-electron chi connectivity index (χ4n) is 2.94. The van der Waals surface area contributed by atoms with Crippen LogP contribution in [0.2, 0.25) is 0 Å². The van der Waals surface area contributed by atoms with E-state index < -0.39 is 0 Å². The quantitative estimate of drug-likeness (QED) is 0.890. The van der Waals surface area contributed by atoms with E-state index in [9.17, 15) is 4.79 Å². The van der Waals surface area contributed by atoms with Gasteiger partial charge in [0.25, 0.3) is 0 Å². The number of piperidine rings is 1. The molecule has 1 unspecified atom stereocenters. The van der Waals surface area contributed by atoms with Crippen molar-refractivity contribution in [2.45, 2.75) is 40.0 Å². The van der Waals surface area contributed by atoms with Crippen LogP contribution in [-0.4, -0.2) is 19.0 Å². The number of hydrogen-bond acceptors (Lipinski definition) is 2. The van der Waals surface area contributed by atoms with Crippen LogP contribution in [0.4, 0.5) is 5.69 Å². The Kier molecular flexibility index (Phi) is 7.20. The van der Waals surface area contributed by atoms with Gasteiger partial charge in [-0.05, 0) is 68.8 Å². The Morgan fingerprint density at radius 3 is 2.67 bits per heavy atom. The van der Waals surface area contributed by atoms with Gasteiger partial charge in [0.05, 0.1) is 0 Å². The standard InChI is InChI=1S/C17H26N2O.ClH/c1-12-4-5-13(2)16(10-12)19-17(20)11-14(3)15-6-8-18-9-7-15;/h4-5,10,14-15,18H,6-9,11H2,1-3H3,(H,19,20);1H. The summed E-state index contributed by atoms with van der Waals surface area (Å²) in [5.41, 5.74) is 3.25. The van der Waals surface area contributed by atoms with Gasteiger partial charge in [-0.3, -0.25) is 4.79 Å². The number of benzene rings is 1. The van der Waals surface area contributed by atoms with Gasteiger partial charge in [0.2, 0.25) is 5.91 Å². The molecule has 1 aromatic rings. The lowest BCUT2D eigenvalue weighted by molar-refractivity contribution is -0.117. The highest BCUT2D eigenvalue weighted by molar-refractivity contribution is 5.91. The molecule has 0 aliphatic carbocycles. The summed E-state index contributed by atoms with van der Waals surface area (Å²) in [6, 6.07) is 6.17. The first-order valence-electron chi connectivity index (χ1n) is 7.64. The molecule has 1 aliphatic heterocycles. The van der Waals surface area contributed by atoms with E-state index in [4.69, 9.17) is 0 Å². The minimum absolute atomic E-state index is 0. The normalized spacial score (nSPS) is 16.9. The number of aryl methyl sites for hydroxylation is 2. The molecule has 1 fully saturated rings. The molecular weight excluding hydrogens is 284 g/mol. The summed E-state index contributed by atoms with van der Waals surface area (Å²) in [4.78, 5) is 12.2. The second kappa shape index (κ2) is 8.40. The van der Waals surface area contributed by atoms with E-state index in [2.05, 4.69) is 29.7 Å². The number of nitrogens with one attached hydrogen (secondary N) is 2. The topological polar surface area (TPSA) is 41.1 Å². The van der Waals surface area contributed by atoms with Crippen LogP contribution in [0, 0.1) is 25.7 Å². The zero-order valence-corrected chi connectivity index (χ0v) is 14.1. The molecule has 1 amide bonds. The summed E-state index contributed by atoms with van der Waals surface area (Å²) in [5.74, 6) is 1.28. The largest absolute Gasteiger partial charge is 0.326 e. The summed E-state index contributed by atoms with van der Waals surface area (Å²) in [6.45, 7) is 8.47. The Morgan fingerprint density at radius 1 is 1.33 bits per heavy atom. The molecule has 118 valence electrons. The summed E-state index contributed by atoms with van der Waals surface area (Å²) in [5, 5.41) is 6.44. The molecule has 1 heterocycles. The lowest BCUT2D eigenvalue weighted by Gasteiger charge is -2.28. The highest BCUT2D eigenvalue weighted by Gasteiger charge is 2.22. The Bertz CT molecular complexity index is 470. The van der Waals surface area contributed by atoms with Gasteiger partial charge in [-0.15, -0.1) is 12.4 Å². The molecule has 2 N–H and O–H groups in total. The molecule has 3 nitrogen and oxygen atoms in total. The molecule has 0 aromatic heterocycles. The lowest BCUT2D eigenvalue weighted by Crippen LogP contribution is -2.32. The van der Waals surface area contributed by atoms with Gasteiger partial charge in [-0.1, -0.05) is 19.1 Å². The third-order valence-electron chi connectivity index (χ3n) is 4.36. The summed E-state index contributed by atoms with van der Waals surface area (Å²) in [6.07, 6.45) is 3.01. The number of halogens is 1. The van der Waals surface area contributed by atoms with Crippen LogP contribution in [0.15, 0.2) is 18.2 Å². The number of anilines is 1. The van der Waals surface area contributed by atoms with E-state index in [1.807, 2.05) is 19.9 Å². The summed E-state index contributed by atoms with van der Waals surface area (Å²) < 4.78 is 0. The maximum absolute atomic E-state index is 12.2. The van der Waals surface area contributed by atoms with Crippen LogP contribution < -0.4 is 10.6 Å². The smallest absolute Gasteiger partial charge is 0.224 e. The van der Waals surface area contributed by atoms with E-state index in [1.165, 1.54) is 18.4 Å². The predicted octanol–water partition coefficient (Wildman–Crippen LogP) is 3.69. The van der Waals surface area contributed by atoms with Crippen molar-refractivity contribution >= 4 is 24.0 Å². The van der Waals surface area contributed by atoms with Crippen molar-refractivity contribution in [2.24, 2.45) is 11.8 Å². The van der Waals surface area contributed by atoms with Crippen LogP contribution in [0.1, 0.15) is 37.3 Å². The monoisotopic (exact) mass is 310 g/mol. The van der Waals surface area contributed by atoms with Crippen molar-refractivity contribution < 1.29 is 4.79 Å². The van der Waals surface area contributed by atoms with E-state index in [-0.39, 0.29) is 18.3 Å². The van der Waals surface area contributed by atoms with Gasteiger partial charge in [0, 0.05) is 12.1 Å². The maximum atomic E-state index is 12.2. The fourth-order valence-corrected chi connectivity index (χ4v) is 2.94. The molecule has 4 heteroatoms. The minimum atomic E-state index is 0. The SMILES string of the molecule is Cc1ccc(C)c(NC(=O)CC(C)C2CCNCC2)c1.Cl. The molecule has 2 rings (SSSR count). The van der Waals surface area contributed by atoms with Gasteiger partial charge < -0.3 is 10.6 Å². The number of rotatable bonds is 4. The van der Waals surface area contributed by atoms with Crippen molar-refractivity contribution in [2.75, 3.05) is 18.4 Å². The van der Waals surface area contributed by atoms with Crippen molar-refractivity contribution in [1.82, 2.24) is 5.32 Å². The van der Waals surface area contributed by atoms with Gasteiger partial charge in [-0.2, -0.15) is 0 Å². The van der Waals surface area contributed by atoms with Crippen LogP contribution in [-0.2, 0) is 4.79 Å².